The van der Waals surface area contributed by atoms with Crippen molar-refractivity contribution >= 4 is 23.4 Å². The van der Waals surface area contributed by atoms with E-state index in [-0.39, 0.29) is 18.1 Å². The number of morpholine rings is 1. The number of urea groups is 1. The largest absolute Gasteiger partial charge is 0.389 e. The van der Waals surface area contributed by atoms with Gasteiger partial charge in [-0.25, -0.2) is 9.78 Å². The number of fused-ring (bicyclic) bond motifs is 1. The van der Waals surface area contributed by atoms with Crippen LogP contribution in [0.25, 0.3) is 11.1 Å². The predicted octanol–water partition coefficient (Wildman–Crippen LogP) is 4.24. The fourth-order valence-electron chi connectivity index (χ4n) is 6.20. The standard InChI is InChI=1S/C28H35F3N6O2/c1-18-2-3-22(33-26(38)36-5-4-19(15-36)13-28(29,30)31)12-23(18)20-10-24(35-6-8-39-9-7-35)34-25(11-20)37-16-21-14-27(21,32)17-37/h2-3,10-12,19,21H,4-9,13-17,32H2,1H3,(H,33,38)/t19?,21?,27-/m0/s1. The second kappa shape index (κ2) is 9.85. The molecule has 2 amide bonds. The lowest BCUT2D eigenvalue weighted by molar-refractivity contribution is -0.143. The molecule has 0 spiro atoms. The number of pyridine rings is 1. The molecule has 3 atom stereocenters. The van der Waals surface area contributed by atoms with E-state index in [1.54, 1.807) is 0 Å². The summed E-state index contributed by atoms with van der Waals surface area (Å²) in [5.41, 5.74) is 10.0. The lowest BCUT2D eigenvalue weighted by Crippen LogP contribution is -2.37. The quantitative estimate of drug-likeness (QED) is 0.586. The molecule has 39 heavy (non-hydrogen) atoms. The summed E-state index contributed by atoms with van der Waals surface area (Å²) in [6.45, 7) is 6.98. The number of aromatic nitrogens is 1. The first-order chi connectivity index (χ1) is 18.6. The molecule has 4 aliphatic rings. The SMILES string of the molecule is Cc1ccc(NC(=O)N2CCC(CC(F)(F)F)C2)cc1-c1cc(N2CCOCC2)nc(N2CC3C[C@]3(N)C2)c1. The van der Waals surface area contributed by atoms with Gasteiger partial charge < -0.3 is 30.5 Å². The number of aryl methyl sites for hydroxylation is 1. The number of carbonyl (C=O) groups excluding carboxylic acids is 1. The zero-order valence-corrected chi connectivity index (χ0v) is 22.1. The minimum Gasteiger partial charge on any atom is -0.378 e. The Bertz CT molecular complexity index is 1250. The van der Waals surface area contributed by atoms with E-state index in [2.05, 4.69) is 27.2 Å². The lowest BCUT2D eigenvalue weighted by Gasteiger charge is -2.30. The monoisotopic (exact) mass is 544 g/mol. The van der Waals surface area contributed by atoms with Gasteiger partial charge in [-0.2, -0.15) is 13.2 Å². The summed E-state index contributed by atoms with van der Waals surface area (Å²) in [6, 6.07) is 9.52. The number of nitrogens with one attached hydrogen (secondary N) is 1. The van der Waals surface area contributed by atoms with Gasteiger partial charge >= 0.3 is 12.2 Å². The van der Waals surface area contributed by atoms with Gasteiger partial charge in [0.25, 0.3) is 0 Å². The molecule has 2 unspecified atom stereocenters. The number of likely N-dealkylation sites (tertiary alicyclic amines) is 1. The molecular formula is C28H35F3N6O2. The van der Waals surface area contributed by atoms with E-state index in [9.17, 15) is 18.0 Å². The Morgan fingerprint density at radius 3 is 2.56 bits per heavy atom. The van der Waals surface area contributed by atoms with Crippen molar-refractivity contribution in [2.45, 2.75) is 37.9 Å². The number of amides is 2. The van der Waals surface area contributed by atoms with Crippen LogP contribution in [-0.2, 0) is 4.74 Å². The smallest absolute Gasteiger partial charge is 0.378 e. The highest BCUT2D eigenvalue weighted by molar-refractivity contribution is 5.91. The van der Waals surface area contributed by atoms with Crippen LogP contribution in [0.15, 0.2) is 30.3 Å². The summed E-state index contributed by atoms with van der Waals surface area (Å²) in [6.07, 6.45) is -3.65. The molecule has 3 aliphatic heterocycles. The van der Waals surface area contributed by atoms with Gasteiger partial charge in [-0.05, 0) is 72.6 Å². The van der Waals surface area contributed by atoms with E-state index in [4.69, 9.17) is 15.5 Å². The molecule has 11 heteroatoms. The zero-order valence-electron chi connectivity index (χ0n) is 22.1. The maximum Gasteiger partial charge on any atom is 0.389 e. The van der Waals surface area contributed by atoms with E-state index in [1.165, 1.54) is 4.90 Å². The number of ether oxygens (including phenoxy) is 1. The number of halogens is 3. The number of rotatable bonds is 5. The fraction of sp³-hybridized carbons (Fsp3) is 0.571. The van der Waals surface area contributed by atoms with Crippen LogP contribution in [-0.4, -0.2) is 80.1 Å². The van der Waals surface area contributed by atoms with Crippen LogP contribution >= 0.6 is 0 Å². The van der Waals surface area contributed by atoms with Crippen LogP contribution in [0.5, 0.6) is 0 Å². The lowest BCUT2D eigenvalue weighted by atomic mass is 10.00. The zero-order chi connectivity index (χ0) is 27.4. The first-order valence-corrected chi connectivity index (χ1v) is 13.7. The van der Waals surface area contributed by atoms with Crippen LogP contribution in [0.4, 0.5) is 35.3 Å². The van der Waals surface area contributed by atoms with Gasteiger partial charge in [0.05, 0.1) is 13.2 Å². The van der Waals surface area contributed by atoms with Gasteiger partial charge in [-0.3, -0.25) is 0 Å². The molecule has 2 aromatic rings. The second-order valence-corrected chi connectivity index (χ2v) is 11.6. The maximum atomic E-state index is 12.9. The molecule has 1 aromatic heterocycles. The number of hydrogen-bond acceptors (Lipinski definition) is 6. The third kappa shape index (κ3) is 5.65. The van der Waals surface area contributed by atoms with Gasteiger partial charge in [-0.15, -0.1) is 0 Å². The van der Waals surface area contributed by atoms with Crippen molar-refractivity contribution < 1.29 is 22.7 Å². The minimum atomic E-state index is -4.22. The van der Waals surface area contributed by atoms with Crippen molar-refractivity contribution in [1.29, 1.82) is 0 Å². The van der Waals surface area contributed by atoms with Gasteiger partial charge in [0.1, 0.15) is 11.6 Å². The topological polar surface area (TPSA) is 87.0 Å². The molecular weight excluding hydrogens is 509 g/mol. The molecule has 1 aromatic carbocycles. The fourth-order valence-corrected chi connectivity index (χ4v) is 6.20. The van der Waals surface area contributed by atoms with E-state index in [1.807, 2.05) is 25.1 Å². The Hall–Kier alpha value is -3.05. The third-order valence-corrected chi connectivity index (χ3v) is 8.56. The van der Waals surface area contributed by atoms with Crippen LogP contribution in [0.2, 0.25) is 0 Å². The number of alkyl halides is 3. The van der Waals surface area contributed by atoms with Crippen molar-refractivity contribution in [2.24, 2.45) is 17.6 Å². The number of nitrogens with zero attached hydrogens (tertiary/aromatic N) is 4. The second-order valence-electron chi connectivity index (χ2n) is 11.6. The predicted molar refractivity (Wildman–Crippen MR) is 144 cm³/mol. The third-order valence-electron chi connectivity index (χ3n) is 8.56. The Morgan fingerprint density at radius 1 is 1.13 bits per heavy atom. The Kier molecular flexibility index (Phi) is 6.61. The van der Waals surface area contributed by atoms with Crippen molar-refractivity contribution in [3.8, 4) is 11.1 Å². The minimum absolute atomic E-state index is 0.106. The van der Waals surface area contributed by atoms with Gasteiger partial charge in [0, 0.05) is 56.9 Å². The number of carbonyl (C=O) groups is 1. The number of nitrogens with two attached hydrogens (primary N) is 1. The van der Waals surface area contributed by atoms with E-state index >= 15 is 0 Å². The molecule has 0 radical (unpaired) electrons. The summed E-state index contributed by atoms with van der Waals surface area (Å²) in [7, 11) is 0. The Balaban J connectivity index is 1.24. The van der Waals surface area contributed by atoms with Crippen LogP contribution in [0.3, 0.4) is 0 Å². The molecule has 4 heterocycles. The van der Waals surface area contributed by atoms with E-state index in [0.29, 0.717) is 37.8 Å². The van der Waals surface area contributed by atoms with Gasteiger partial charge in [-0.1, -0.05) is 6.07 Å². The highest BCUT2D eigenvalue weighted by atomic mass is 19.4. The van der Waals surface area contributed by atoms with Crippen molar-refractivity contribution in [3.05, 3.63) is 35.9 Å². The number of hydrogen-bond donors (Lipinski definition) is 2. The Morgan fingerprint density at radius 2 is 1.87 bits per heavy atom. The normalized spacial score (nSPS) is 26.6. The van der Waals surface area contributed by atoms with Crippen molar-refractivity contribution in [3.63, 3.8) is 0 Å². The summed E-state index contributed by atoms with van der Waals surface area (Å²) in [5.74, 6) is 1.74. The summed E-state index contributed by atoms with van der Waals surface area (Å²) in [5, 5.41) is 2.91. The molecule has 3 N–H and O–H groups in total. The molecule has 1 saturated carbocycles. The summed E-state index contributed by atoms with van der Waals surface area (Å²) < 4.78 is 43.9. The van der Waals surface area contributed by atoms with Crippen LogP contribution < -0.4 is 20.9 Å². The highest BCUT2D eigenvalue weighted by Gasteiger charge is 2.57. The maximum absolute atomic E-state index is 12.9. The average molecular weight is 545 g/mol. The Labute approximate surface area is 226 Å². The summed E-state index contributed by atoms with van der Waals surface area (Å²) in [4.78, 5) is 23.9. The molecule has 1 aliphatic carbocycles. The van der Waals surface area contributed by atoms with Crippen molar-refractivity contribution in [2.75, 3.05) is 67.6 Å². The molecule has 8 nitrogen and oxygen atoms in total. The molecule has 210 valence electrons. The van der Waals surface area contributed by atoms with Crippen LogP contribution in [0.1, 0.15) is 24.8 Å². The number of anilines is 3. The molecule has 0 bridgehead atoms. The van der Waals surface area contributed by atoms with Crippen LogP contribution in [0, 0.1) is 18.8 Å². The van der Waals surface area contributed by atoms with E-state index in [0.717, 1.165) is 60.9 Å². The first-order valence-electron chi connectivity index (χ1n) is 13.7. The molecule has 4 fully saturated rings. The first kappa shape index (κ1) is 26.2. The van der Waals surface area contributed by atoms with Gasteiger partial charge in [0.15, 0.2) is 0 Å². The van der Waals surface area contributed by atoms with Crippen molar-refractivity contribution in [1.82, 2.24) is 9.88 Å². The van der Waals surface area contributed by atoms with Gasteiger partial charge in [0.2, 0.25) is 0 Å². The van der Waals surface area contributed by atoms with E-state index < -0.39 is 18.5 Å². The molecule has 6 rings (SSSR count). The summed E-state index contributed by atoms with van der Waals surface area (Å²) >= 11 is 0. The number of benzene rings is 1. The average Bonchev–Trinajstić information content (AvgIpc) is 3.19. The molecule has 3 saturated heterocycles. The number of piperidine rings is 1. The highest BCUT2D eigenvalue weighted by Crippen LogP contribution is 2.48.